The molecular weight excluding hydrogens is 649 g/mol. The fourth-order valence-electron chi connectivity index (χ4n) is 7.60. The second kappa shape index (κ2) is 24.2. The van der Waals surface area contributed by atoms with Crippen LogP contribution in [-0.2, 0) is 24.1 Å². The molecule has 0 bridgehead atoms. The minimum atomic E-state index is -2.39. The van der Waals surface area contributed by atoms with Gasteiger partial charge in [0.25, 0.3) is 0 Å². The molecule has 2 rings (SSSR count). The topological polar surface area (TPSA) is 44.8 Å². The highest BCUT2D eigenvalue weighted by Gasteiger charge is 2.36. The van der Waals surface area contributed by atoms with Crippen molar-refractivity contribution in [3.05, 3.63) is 24.3 Å². The summed E-state index contributed by atoms with van der Waals surface area (Å²) in [4.78, 5) is 0. The molecule has 4 nitrogen and oxygen atoms in total. The number of rotatable bonds is 28. The summed E-state index contributed by atoms with van der Waals surface area (Å²) in [5, 5.41) is 3.28. The first-order valence-corrected chi connectivity index (χ1v) is 29.5. The molecule has 1 aliphatic rings. The van der Waals surface area contributed by atoms with Crippen molar-refractivity contribution < 1.29 is 17.5 Å². The van der Waals surface area contributed by atoms with Gasteiger partial charge in [0.2, 0.25) is 0 Å². The number of benzene rings is 1. The highest BCUT2D eigenvalue weighted by Crippen LogP contribution is 2.25. The van der Waals surface area contributed by atoms with Crippen LogP contribution in [0.3, 0.4) is 0 Å². The fraction of sp³-hybridized carbons (Fsp3) is 0.846. The Balaban J connectivity index is 1.52. The normalized spacial score (nSPS) is 15.7. The van der Waals surface area contributed by atoms with E-state index in [2.05, 4.69) is 50.5 Å². The lowest BCUT2D eigenvalue weighted by Gasteiger charge is -2.26. The lowest BCUT2D eigenvalue weighted by Crippen LogP contribution is -2.45. The van der Waals surface area contributed by atoms with Crippen molar-refractivity contribution >= 4 is 46.1 Å². The van der Waals surface area contributed by atoms with Gasteiger partial charge in [-0.05, 0) is 31.6 Å². The average molecular weight is 725 g/mol. The molecule has 0 aromatic heterocycles. The van der Waals surface area contributed by atoms with Crippen LogP contribution in [-0.4, -0.2) is 62.0 Å². The quantitative estimate of drug-likeness (QED) is 0.0638. The van der Waals surface area contributed by atoms with Gasteiger partial charge in [-0.2, -0.15) is 0 Å². The van der Waals surface area contributed by atoms with Crippen molar-refractivity contribution in [2.24, 2.45) is 5.92 Å². The first-order valence-electron chi connectivity index (χ1n) is 19.7. The van der Waals surface area contributed by atoms with Crippen LogP contribution in [0.1, 0.15) is 128 Å². The molecule has 1 aliphatic carbocycles. The van der Waals surface area contributed by atoms with E-state index in [1.54, 1.807) is 31.7 Å². The largest absolute Gasteiger partial charge is 0.500 e. The van der Waals surface area contributed by atoms with E-state index in [1.807, 2.05) is 0 Å². The summed E-state index contributed by atoms with van der Waals surface area (Å²) in [7, 11) is -0.597. The predicted octanol–water partition coefficient (Wildman–Crippen LogP) is 10.6. The molecule has 8 heteroatoms. The summed E-state index contributed by atoms with van der Waals surface area (Å²) >= 11 is 0. The summed E-state index contributed by atoms with van der Waals surface area (Å²) in [5.74, 6) is 2.69. The molecule has 1 unspecified atom stereocenters. The molecule has 1 aromatic carbocycles. The highest BCUT2D eigenvalue weighted by atomic mass is 32.2. The Bertz CT molecular complexity index is 938. The molecule has 274 valence electrons. The van der Waals surface area contributed by atoms with Crippen molar-refractivity contribution in [2.75, 3.05) is 32.8 Å². The summed E-state index contributed by atoms with van der Waals surface area (Å²) in [6.45, 7) is 10.3. The van der Waals surface area contributed by atoms with E-state index >= 15 is 0 Å². The molecule has 0 spiro atoms. The number of hydrogen-bond donors (Lipinski definition) is 0. The molecule has 0 radical (unpaired) electrons. The van der Waals surface area contributed by atoms with Crippen LogP contribution in [0.4, 0.5) is 0 Å². The van der Waals surface area contributed by atoms with Crippen LogP contribution in [0, 0.1) is 5.92 Å². The first-order chi connectivity index (χ1) is 22.6. The lowest BCUT2D eigenvalue weighted by molar-refractivity contribution is 0.122. The maximum Gasteiger partial charge on any atom is 0.500 e. The Morgan fingerprint density at radius 3 is 1.32 bits per heavy atom. The second-order valence-corrected chi connectivity index (χ2v) is 30.4. The van der Waals surface area contributed by atoms with E-state index in [-0.39, 0.29) is 0 Å². The van der Waals surface area contributed by atoms with Crippen LogP contribution < -0.4 is 10.4 Å². The number of hydrogen-bond acceptors (Lipinski definition) is 4. The molecule has 0 aliphatic heterocycles. The second-order valence-electron chi connectivity index (χ2n) is 16.0. The molecular formula is C39H76O4SSi3. The molecule has 1 saturated carbocycles. The highest BCUT2D eigenvalue weighted by molar-refractivity contribution is 7.84. The van der Waals surface area contributed by atoms with Crippen LogP contribution in [0.25, 0.3) is 0 Å². The maximum atomic E-state index is 12.4. The van der Waals surface area contributed by atoms with Crippen molar-refractivity contribution in [1.82, 2.24) is 0 Å². The Labute approximate surface area is 298 Å². The monoisotopic (exact) mass is 724 g/mol. The Morgan fingerprint density at radius 2 is 0.915 bits per heavy atom. The minimum absolute atomic E-state index is 0.565. The fourth-order valence-corrected chi connectivity index (χ4v) is 15.9. The summed E-state index contributed by atoms with van der Waals surface area (Å²) < 4.78 is 29.0. The molecule has 0 saturated heterocycles. The summed E-state index contributed by atoms with van der Waals surface area (Å²) in [6.07, 6.45) is 26.6. The number of unbranched alkanes of at least 4 members (excludes halogenated alkanes) is 13. The molecule has 0 amide bonds. The maximum absolute atomic E-state index is 12.4. The van der Waals surface area contributed by atoms with Gasteiger partial charge in [-0.1, -0.05) is 176 Å². The third-order valence-corrected chi connectivity index (χ3v) is 22.7. The van der Waals surface area contributed by atoms with Crippen molar-refractivity contribution in [3.8, 4) is 0 Å². The minimum Gasteiger partial charge on any atom is -0.377 e. The van der Waals surface area contributed by atoms with E-state index in [9.17, 15) is 4.21 Å². The molecule has 0 N–H and O–H groups in total. The molecule has 47 heavy (non-hydrogen) atoms. The Hall–Kier alpha value is -0.0994. The van der Waals surface area contributed by atoms with E-state index in [0.717, 1.165) is 29.9 Å². The van der Waals surface area contributed by atoms with Crippen molar-refractivity contribution in [3.63, 3.8) is 0 Å². The standard InChI is InChI=1S/C39H76O4SSi3/c1-41-47(42-2,43-3)35-25-18-14-13-17-24-34-46(6,7)39-30-28-38(29-31-39)45(4,5)33-23-16-12-10-8-9-11-15-22-32-44(40)36-37-26-20-19-21-27-37/h28-31,37H,8-27,32-36H2,1-7H3. The smallest absolute Gasteiger partial charge is 0.377 e. The van der Waals surface area contributed by atoms with Gasteiger partial charge in [0, 0.05) is 49.7 Å². The van der Waals surface area contributed by atoms with E-state index < -0.39 is 35.8 Å². The summed E-state index contributed by atoms with van der Waals surface area (Å²) in [6, 6.07) is 13.7. The Kier molecular flexibility index (Phi) is 22.1. The van der Waals surface area contributed by atoms with Gasteiger partial charge in [-0.15, -0.1) is 0 Å². The predicted molar refractivity (Wildman–Crippen MR) is 216 cm³/mol. The van der Waals surface area contributed by atoms with Crippen LogP contribution in [0.15, 0.2) is 24.3 Å². The van der Waals surface area contributed by atoms with Crippen LogP contribution in [0.2, 0.25) is 44.3 Å². The van der Waals surface area contributed by atoms with Crippen LogP contribution in [0.5, 0.6) is 0 Å². The zero-order valence-electron chi connectivity index (χ0n) is 32.1. The van der Waals surface area contributed by atoms with Gasteiger partial charge < -0.3 is 13.3 Å². The molecule has 1 fully saturated rings. The molecule has 1 atom stereocenters. The summed E-state index contributed by atoms with van der Waals surface area (Å²) in [5.41, 5.74) is 0. The van der Waals surface area contributed by atoms with Crippen LogP contribution >= 0.6 is 0 Å². The van der Waals surface area contributed by atoms with Crippen molar-refractivity contribution in [2.45, 2.75) is 173 Å². The van der Waals surface area contributed by atoms with E-state index in [0.29, 0.717) is 0 Å². The third kappa shape index (κ3) is 17.6. The van der Waals surface area contributed by atoms with Gasteiger partial charge in [0.05, 0.1) is 16.1 Å². The molecule has 0 heterocycles. The van der Waals surface area contributed by atoms with Gasteiger partial charge in [-0.25, -0.2) is 0 Å². The van der Waals surface area contributed by atoms with Gasteiger partial charge in [0.15, 0.2) is 0 Å². The Morgan fingerprint density at radius 1 is 0.553 bits per heavy atom. The van der Waals surface area contributed by atoms with Gasteiger partial charge in [-0.3, -0.25) is 4.21 Å². The lowest BCUT2D eigenvalue weighted by atomic mass is 9.91. The zero-order valence-corrected chi connectivity index (χ0v) is 35.9. The zero-order chi connectivity index (χ0) is 34.4. The average Bonchev–Trinajstić information content (AvgIpc) is 3.07. The van der Waals surface area contributed by atoms with Gasteiger partial charge >= 0.3 is 8.80 Å². The molecule has 1 aromatic rings. The van der Waals surface area contributed by atoms with Gasteiger partial charge in [0.1, 0.15) is 0 Å². The first kappa shape index (κ1) is 43.1. The SMILES string of the molecule is CO[Si](CCCCCCCC[Si](C)(C)c1ccc([Si](C)(C)CCCCCCCCCCCS(=O)CC2CCCCC2)cc1)(OC)OC. The van der Waals surface area contributed by atoms with E-state index in [1.165, 1.54) is 134 Å². The third-order valence-electron chi connectivity index (χ3n) is 11.2. The van der Waals surface area contributed by atoms with Crippen molar-refractivity contribution in [1.29, 1.82) is 0 Å². The van der Waals surface area contributed by atoms with E-state index in [4.69, 9.17) is 13.3 Å².